The van der Waals surface area contributed by atoms with Crippen LogP contribution in [0.1, 0.15) is 38.1 Å². The Bertz CT molecular complexity index is 431. The standard InChI is InChI=1S/C14H20N2S/c1-3-4-7-11(2)15-10-14-16-12-8-5-6-9-13(12)17-14/h5-6,8-9,11,15H,3-4,7,10H2,1-2H3. The van der Waals surface area contributed by atoms with Gasteiger partial charge in [0.25, 0.3) is 0 Å². The van der Waals surface area contributed by atoms with Gasteiger partial charge in [-0.2, -0.15) is 0 Å². The van der Waals surface area contributed by atoms with Crippen LogP contribution in [0.4, 0.5) is 0 Å². The van der Waals surface area contributed by atoms with Crippen molar-refractivity contribution in [2.45, 2.75) is 45.7 Å². The van der Waals surface area contributed by atoms with Gasteiger partial charge in [0.15, 0.2) is 0 Å². The molecule has 1 unspecified atom stereocenters. The maximum absolute atomic E-state index is 4.62. The van der Waals surface area contributed by atoms with Crippen LogP contribution in [0.15, 0.2) is 24.3 Å². The minimum Gasteiger partial charge on any atom is -0.308 e. The molecule has 0 spiro atoms. The molecule has 1 aromatic carbocycles. The van der Waals surface area contributed by atoms with E-state index in [4.69, 9.17) is 0 Å². The molecule has 2 rings (SSSR count). The zero-order valence-electron chi connectivity index (χ0n) is 10.6. The first-order valence-electron chi connectivity index (χ1n) is 6.37. The second kappa shape index (κ2) is 6.12. The molecule has 1 N–H and O–H groups in total. The van der Waals surface area contributed by atoms with E-state index in [0.29, 0.717) is 6.04 Å². The number of hydrogen-bond acceptors (Lipinski definition) is 3. The fourth-order valence-corrected chi connectivity index (χ4v) is 2.79. The second-order valence-corrected chi connectivity index (χ2v) is 5.61. The number of benzene rings is 1. The van der Waals surface area contributed by atoms with Crippen molar-refractivity contribution in [3.05, 3.63) is 29.3 Å². The number of para-hydroxylation sites is 1. The van der Waals surface area contributed by atoms with Gasteiger partial charge in [-0.15, -0.1) is 11.3 Å². The van der Waals surface area contributed by atoms with Gasteiger partial charge in [0.2, 0.25) is 0 Å². The van der Waals surface area contributed by atoms with Gasteiger partial charge < -0.3 is 5.32 Å². The van der Waals surface area contributed by atoms with E-state index in [1.165, 1.54) is 29.0 Å². The fraction of sp³-hybridized carbons (Fsp3) is 0.500. The fourth-order valence-electron chi connectivity index (χ4n) is 1.87. The van der Waals surface area contributed by atoms with Gasteiger partial charge in [0.1, 0.15) is 5.01 Å². The maximum Gasteiger partial charge on any atom is 0.108 e. The summed E-state index contributed by atoms with van der Waals surface area (Å²) < 4.78 is 1.28. The largest absolute Gasteiger partial charge is 0.308 e. The predicted molar refractivity (Wildman–Crippen MR) is 75.4 cm³/mol. The Balaban J connectivity index is 1.90. The van der Waals surface area contributed by atoms with Crippen molar-refractivity contribution < 1.29 is 0 Å². The number of hydrogen-bond donors (Lipinski definition) is 1. The number of nitrogens with zero attached hydrogens (tertiary/aromatic N) is 1. The summed E-state index contributed by atoms with van der Waals surface area (Å²) in [5, 5.41) is 4.73. The minimum absolute atomic E-state index is 0.585. The van der Waals surface area contributed by atoms with E-state index in [0.717, 1.165) is 12.1 Å². The Morgan fingerprint density at radius 1 is 1.35 bits per heavy atom. The van der Waals surface area contributed by atoms with Crippen LogP contribution in [0.3, 0.4) is 0 Å². The molecule has 2 aromatic rings. The molecule has 1 aromatic heterocycles. The molecule has 1 atom stereocenters. The zero-order valence-corrected chi connectivity index (χ0v) is 11.4. The third kappa shape index (κ3) is 3.51. The first-order valence-corrected chi connectivity index (χ1v) is 7.19. The van der Waals surface area contributed by atoms with Crippen LogP contribution in [0.2, 0.25) is 0 Å². The molecule has 0 saturated heterocycles. The van der Waals surface area contributed by atoms with Gasteiger partial charge in [-0.05, 0) is 25.5 Å². The van der Waals surface area contributed by atoms with Gasteiger partial charge in [0.05, 0.1) is 10.2 Å². The molecule has 0 aliphatic rings. The molecule has 0 radical (unpaired) electrons. The number of rotatable bonds is 6. The van der Waals surface area contributed by atoms with Crippen molar-refractivity contribution in [1.29, 1.82) is 0 Å². The molecule has 0 bridgehead atoms. The summed E-state index contributed by atoms with van der Waals surface area (Å²) in [5.74, 6) is 0. The van der Waals surface area contributed by atoms with E-state index >= 15 is 0 Å². The van der Waals surface area contributed by atoms with Crippen LogP contribution in [0.25, 0.3) is 10.2 Å². The van der Waals surface area contributed by atoms with Crippen molar-refractivity contribution in [1.82, 2.24) is 10.3 Å². The third-order valence-electron chi connectivity index (χ3n) is 2.93. The smallest absolute Gasteiger partial charge is 0.108 e. The molecule has 0 aliphatic heterocycles. The molecule has 0 aliphatic carbocycles. The van der Waals surface area contributed by atoms with E-state index in [2.05, 4.69) is 42.3 Å². The van der Waals surface area contributed by atoms with Crippen LogP contribution in [0.5, 0.6) is 0 Å². The lowest BCUT2D eigenvalue weighted by atomic mass is 10.1. The summed E-state index contributed by atoms with van der Waals surface area (Å²) in [6.07, 6.45) is 3.82. The molecule has 0 fully saturated rings. The summed E-state index contributed by atoms with van der Waals surface area (Å²) in [5.41, 5.74) is 1.12. The first-order chi connectivity index (χ1) is 8.29. The quantitative estimate of drug-likeness (QED) is 0.837. The molecule has 2 nitrogen and oxygen atoms in total. The van der Waals surface area contributed by atoms with Gasteiger partial charge in [-0.25, -0.2) is 4.98 Å². The normalized spacial score (nSPS) is 13.1. The lowest BCUT2D eigenvalue weighted by Gasteiger charge is -2.11. The Labute approximate surface area is 107 Å². The zero-order chi connectivity index (χ0) is 12.1. The first kappa shape index (κ1) is 12.5. The topological polar surface area (TPSA) is 24.9 Å². The van der Waals surface area contributed by atoms with Gasteiger partial charge in [-0.1, -0.05) is 31.9 Å². The van der Waals surface area contributed by atoms with E-state index in [1.807, 2.05) is 6.07 Å². The van der Waals surface area contributed by atoms with Gasteiger partial charge in [-0.3, -0.25) is 0 Å². The van der Waals surface area contributed by atoms with E-state index in [9.17, 15) is 0 Å². The molecule has 92 valence electrons. The molecular formula is C14H20N2S. The average molecular weight is 248 g/mol. The molecular weight excluding hydrogens is 228 g/mol. The van der Waals surface area contributed by atoms with Gasteiger partial charge in [0, 0.05) is 12.6 Å². The van der Waals surface area contributed by atoms with E-state index < -0.39 is 0 Å². The number of aromatic nitrogens is 1. The van der Waals surface area contributed by atoms with Crippen LogP contribution in [-0.2, 0) is 6.54 Å². The van der Waals surface area contributed by atoms with Crippen LogP contribution in [0, 0.1) is 0 Å². The van der Waals surface area contributed by atoms with Crippen LogP contribution in [-0.4, -0.2) is 11.0 Å². The highest BCUT2D eigenvalue weighted by molar-refractivity contribution is 7.18. The highest BCUT2D eigenvalue weighted by atomic mass is 32.1. The number of thiazole rings is 1. The van der Waals surface area contributed by atoms with Crippen molar-refractivity contribution in [2.24, 2.45) is 0 Å². The summed E-state index contributed by atoms with van der Waals surface area (Å²) in [4.78, 5) is 4.62. The number of fused-ring (bicyclic) bond motifs is 1. The average Bonchev–Trinajstić information content (AvgIpc) is 2.76. The molecule has 0 saturated carbocycles. The Morgan fingerprint density at radius 3 is 2.94 bits per heavy atom. The Kier molecular flexibility index (Phi) is 4.51. The maximum atomic E-state index is 4.62. The third-order valence-corrected chi connectivity index (χ3v) is 3.97. The summed E-state index contributed by atoms with van der Waals surface area (Å²) in [6.45, 7) is 5.38. The van der Waals surface area contributed by atoms with E-state index in [1.54, 1.807) is 11.3 Å². The van der Waals surface area contributed by atoms with Crippen molar-refractivity contribution in [3.63, 3.8) is 0 Å². The number of unbranched alkanes of at least 4 members (excludes halogenated alkanes) is 1. The van der Waals surface area contributed by atoms with Crippen molar-refractivity contribution in [2.75, 3.05) is 0 Å². The summed E-state index contributed by atoms with van der Waals surface area (Å²) in [7, 11) is 0. The Hall–Kier alpha value is -0.930. The van der Waals surface area contributed by atoms with Crippen LogP contribution >= 0.6 is 11.3 Å². The van der Waals surface area contributed by atoms with Crippen molar-refractivity contribution >= 4 is 21.6 Å². The second-order valence-electron chi connectivity index (χ2n) is 4.50. The minimum atomic E-state index is 0.585. The van der Waals surface area contributed by atoms with Gasteiger partial charge >= 0.3 is 0 Å². The molecule has 17 heavy (non-hydrogen) atoms. The summed E-state index contributed by atoms with van der Waals surface area (Å²) in [6, 6.07) is 8.92. The Morgan fingerprint density at radius 2 is 2.18 bits per heavy atom. The number of nitrogens with one attached hydrogen (secondary N) is 1. The highest BCUT2D eigenvalue weighted by Gasteiger charge is 2.05. The van der Waals surface area contributed by atoms with Crippen LogP contribution < -0.4 is 5.32 Å². The monoisotopic (exact) mass is 248 g/mol. The highest BCUT2D eigenvalue weighted by Crippen LogP contribution is 2.21. The SMILES string of the molecule is CCCCC(C)NCc1nc2ccccc2s1. The summed E-state index contributed by atoms with van der Waals surface area (Å²) >= 11 is 1.79. The van der Waals surface area contributed by atoms with E-state index in [-0.39, 0.29) is 0 Å². The van der Waals surface area contributed by atoms with Crippen molar-refractivity contribution in [3.8, 4) is 0 Å². The predicted octanol–water partition coefficient (Wildman–Crippen LogP) is 3.96. The molecule has 1 heterocycles. The molecule has 0 amide bonds. The lowest BCUT2D eigenvalue weighted by molar-refractivity contribution is 0.494. The lowest BCUT2D eigenvalue weighted by Crippen LogP contribution is -2.25. The molecule has 3 heteroatoms.